The third kappa shape index (κ3) is 2.00. The highest BCUT2D eigenvalue weighted by atomic mass is 35.5. The predicted molar refractivity (Wildman–Crippen MR) is 78.4 cm³/mol. The van der Waals surface area contributed by atoms with Crippen molar-refractivity contribution in [3.63, 3.8) is 0 Å². The van der Waals surface area contributed by atoms with E-state index in [0.29, 0.717) is 18.6 Å². The van der Waals surface area contributed by atoms with E-state index in [-0.39, 0.29) is 25.1 Å². The highest BCUT2D eigenvalue weighted by Crippen LogP contribution is 2.39. The summed E-state index contributed by atoms with van der Waals surface area (Å²) in [4.78, 5) is 15.8. The Hall–Kier alpha value is -2.01. The third-order valence-electron chi connectivity index (χ3n) is 4.19. The summed E-state index contributed by atoms with van der Waals surface area (Å²) < 4.78 is 10.8. The summed E-state index contributed by atoms with van der Waals surface area (Å²) in [6.45, 7) is 2.26. The lowest BCUT2D eigenvalue weighted by atomic mass is 10.0. The Kier molecular flexibility index (Phi) is 3.17. The number of aliphatic carboxylic acids is 1. The standard InChI is InChI=1S/C15H13NO4.ClH/c1-7-9-2-8(15(17)18)3-11(9)16-12-5-14-13(4-10(7)12)19-6-20-14;/h4-5,8H,2-3,6H2,1H3,(H,17,18);1H. The Morgan fingerprint density at radius 1 is 1.29 bits per heavy atom. The van der Waals surface area contributed by atoms with E-state index in [9.17, 15) is 9.90 Å². The Morgan fingerprint density at radius 2 is 2.00 bits per heavy atom. The molecule has 110 valence electrons. The molecule has 0 bridgehead atoms. The van der Waals surface area contributed by atoms with E-state index in [1.54, 1.807) is 0 Å². The van der Waals surface area contributed by atoms with Gasteiger partial charge in [-0.25, -0.2) is 0 Å². The molecule has 4 rings (SSSR count). The van der Waals surface area contributed by atoms with Gasteiger partial charge in [-0.1, -0.05) is 0 Å². The van der Waals surface area contributed by atoms with Gasteiger partial charge in [0.25, 0.3) is 0 Å². The maximum Gasteiger partial charge on any atom is 0.307 e. The Labute approximate surface area is 127 Å². The molecule has 2 heterocycles. The van der Waals surface area contributed by atoms with Crippen molar-refractivity contribution >= 4 is 29.3 Å². The summed E-state index contributed by atoms with van der Waals surface area (Å²) in [6, 6.07) is 3.81. The van der Waals surface area contributed by atoms with Crippen LogP contribution in [0.1, 0.15) is 16.8 Å². The Bertz CT molecular complexity index is 759. The molecule has 0 saturated heterocycles. The number of aromatic nitrogens is 1. The monoisotopic (exact) mass is 307 g/mol. The smallest absolute Gasteiger partial charge is 0.307 e. The fraction of sp³-hybridized carbons (Fsp3) is 0.333. The molecule has 21 heavy (non-hydrogen) atoms. The largest absolute Gasteiger partial charge is 0.481 e. The van der Waals surface area contributed by atoms with Crippen LogP contribution in [0.15, 0.2) is 12.1 Å². The fourth-order valence-corrected chi connectivity index (χ4v) is 3.08. The van der Waals surface area contributed by atoms with Gasteiger partial charge in [0.05, 0.1) is 11.4 Å². The summed E-state index contributed by atoms with van der Waals surface area (Å²) in [7, 11) is 0. The average Bonchev–Trinajstić information content (AvgIpc) is 3.02. The summed E-state index contributed by atoms with van der Waals surface area (Å²) in [6.07, 6.45) is 1.07. The summed E-state index contributed by atoms with van der Waals surface area (Å²) in [5.74, 6) is 0.334. The molecule has 5 nitrogen and oxygen atoms in total. The summed E-state index contributed by atoms with van der Waals surface area (Å²) >= 11 is 0. The van der Waals surface area contributed by atoms with Crippen LogP contribution in [0.5, 0.6) is 11.5 Å². The molecule has 0 radical (unpaired) electrons. The highest BCUT2D eigenvalue weighted by molar-refractivity contribution is 5.88. The van der Waals surface area contributed by atoms with Gasteiger partial charge in [0.2, 0.25) is 6.79 Å². The number of ether oxygens (including phenoxy) is 2. The minimum absolute atomic E-state index is 0. The van der Waals surface area contributed by atoms with E-state index in [2.05, 4.69) is 4.98 Å². The van der Waals surface area contributed by atoms with Crippen LogP contribution in [0.3, 0.4) is 0 Å². The van der Waals surface area contributed by atoms with Crippen molar-refractivity contribution in [2.75, 3.05) is 6.79 Å². The van der Waals surface area contributed by atoms with E-state index in [4.69, 9.17) is 9.47 Å². The second-order valence-electron chi connectivity index (χ2n) is 5.33. The number of pyridine rings is 1. The zero-order valence-electron chi connectivity index (χ0n) is 11.4. The minimum Gasteiger partial charge on any atom is -0.481 e. The Balaban J connectivity index is 0.00000132. The van der Waals surface area contributed by atoms with Crippen molar-refractivity contribution in [2.45, 2.75) is 19.8 Å². The second kappa shape index (κ2) is 4.77. The first-order valence-corrected chi connectivity index (χ1v) is 6.58. The number of aryl methyl sites for hydroxylation is 1. The van der Waals surface area contributed by atoms with Crippen LogP contribution in [0, 0.1) is 12.8 Å². The number of carboxylic acids is 1. The number of hydrogen-bond donors (Lipinski definition) is 1. The van der Waals surface area contributed by atoms with Crippen molar-refractivity contribution in [3.05, 3.63) is 29.0 Å². The minimum atomic E-state index is -0.749. The van der Waals surface area contributed by atoms with E-state index in [0.717, 1.165) is 33.5 Å². The molecular formula is C15H14ClNO4. The van der Waals surface area contributed by atoms with Crippen molar-refractivity contribution in [1.29, 1.82) is 0 Å². The molecule has 1 aromatic heterocycles. The molecule has 2 aliphatic rings. The molecule has 0 fully saturated rings. The number of fused-ring (bicyclic) bond motifs is 3. The van der Waals surface area contributed by atoms with Crippen molar-refractivity contribution < 1.29 is 19.4 Å². The van der Waals surface area contributed by atoms with Crippen LogP contribution in [0.4, 0.5) is 0 Å². The van der Waals surface area contributed by atoms with Gasteiger partial charge in [-0.05, 0) is 30.5 Å². The van der Waals surface area contributed by atoms with Crippen molar-refractivity contribution in [3.8, 4) is 11.5 Å². The van der Waals surface area contributed by atoms with Gasteiger partial charge in [-0.3, -0.25) is 9.78 Å². The maximum atomic E-state index is 11.2. The second-order valence-corrected chi connectivity index (χ2v) is 5.33. The Morgan fingerprint density at radius 3 is 2.71 bits per heavy atom. The molecule has 0 amide bonds. The van der Waals surface area contributed by atoms with Gasteiger partial charge in [0.15, 0.2) is 11.5 Å². The van der Waals surface area contributed by atoms with Crippen LogP contribution in [-0.2, 0) is 17.6 Å². The highest BCUT2D eigenvalue weighted by Gasteiger charge is 2.30. The van der Waals surface area contributed by atoms with E-state index < -0.39 is 5.97 Å². The first kappa shape index (κ1) is 13.9. The zero-order chi connectivity index (χ0) is 13.9. The first-order valence-electron chi connectivity index (χ1n) is 6.58. The summed E-state index contributed by atoms with van der Waals surface area (Å²) in [5.41, 5.74) is 3.92. The van der Waals surface area contributed by atoms with Gasteiger partial charge in [-0.15, -0.1) is 12.4 Å². The van der Waals surface area contributed by atoms with E-state index >= 15 is 0 Å². The number of carboxylic acid groups (broad SMARTS) is 1. The number of carbonyl (C=O) groups is 1. The van der Waals surface area contributed by atoms with Gasteiger partial charge >= 0.3 is 5.97 Å². The van der Waals surface area contributed by atoms with Gasteiger partial charge < -0.3 is 14.6 Å². The lowest BCUT2D eigenvalue weighted by Crippen LogP contribution is -2.13. The van der Waals surface area contributed by atoms with Crippen LogP contribution < -0.4 is 9.47 Å². The number of rotatable bonds is 1. The predicted octanol–water partition coefficient (Wildman–Crippen LogP) is 2.49. The van der Waals surface area contributed by atoms with Crippen molar-refractivity contribution in [1.82, 2.24) is 4.98 Å². The average molecular weight is 308 g/mol. The normalized spacial score (nSPS) is 18.4. The van der Waals surface area contributed by atoms with Gasteiger partial charge in [0, 0.05) is 23.6 Å². The van der Waals surface area contributed by atoms with Gasteiger partial charge in [0.1, 0.15) is 0 Å². The number of benzene rings is 1. The lowest BCUT2D eigenvalue weighted by Gasteiger charge is -2.09. The SMILES string of the molecule is Cc1c2c(nc3cc4c(cc13)OCO4)CC(C(=O)O)C2.Cl. The number of hydrogen-bond acceptors (Lipinski definition) is 4. The molecule has 0 spiro atoms. The van der Waals surface area contributed by atoms with E-state index in [1.807, 2.05) is 19.1 Å². The molecular weight excluding hydrogens is 294 g/mol. The number of nitrogens with zero attached hydrogens (tertiary/aromatic N) is 1. The molecule has 1 N–H and O–H groups in total. The molecule has 6 heteroatoms. The molecule has 0 saturated carbocycles. The maximum absolute atomic E-state index is 11.2. The molecule has 2 aromatic rings. The number of halogens is 1. The fourth-order valence-electron chi connectivity index (χ4n) is 3.08. The van der Waals surface area contributed by atoms with Gasteiger partial charge in [-0.2, -0.15) is 0 Å². The molecule has 1 atom stereocenters. The zero-order valence-corrected chi connectivity index (χ0v) is 12.2. The quantitative estimate of drug-likeness (QED) is 0.876. The van der Waals surface area contributed by atoms with Crippen LogP contribution >= 0.6 is 12.4 Å². The van der Waals surface area contributed by atoms with Crippen LogP contribution in [0.2, 0.25) is 0 Å². The molecule has 1 aliphatic heterocycles. The van der Waals surface area contributed by atoms with Crippen LogP contribution in [-0.4, -0.2) is 22.9 Å². The molecule has 1 aromatic carbocycles. The molecule has 1 aliphatic carbocycles. The first-order chi connectivity index (χ1) is 9.63. The third-order valence-corrected chi connectivity index (χ3v) is 4.19. The topological polar surface area (TPSA) is 68.7 Å². The summed E-state index contributed by atoms with van der Waals surface area (Å²) in [5, 5.41) is 10.2. The van der Waals surface area contributed by atoms with Crippen molar-refractivity contribution in [2.24, 2.45) is 5.92 Å². The molecule has 1 unspecified atom stereocenters. The van der Waals surface area contributed by atoms with Crippen LogP contribution in [0.25, 0.3) is 10.9 Å². The lowest BCUT2D eigenvalue weighted by molar-refractivity contribution is -0.141. The van der Waals surface area contributed by atoms with E-state index in [1.165, 1.54) is 0 Å².